The number of amides is 1. The van der Waals surface area contributed by atoms with Crippen LogP contribution in [-0.4, -0.2) is 41.5 Å². The maximum atomic E-state index is 11.1. The maximum Gasteiger partial charge on any atom is 0.407 e. The van der Waals surface area contributed by atoms with Gasteiger partial charge >= 0.3 is 12.1 Å². The van der Waals surface area contributed by atoms with E-state index in [9.17, 15) is 9.59 Å². The lowest BCUT2D eigenvalue weighted by molar-refractivity contribution is -0.139. The van der Waals surface area contributed by atoms with Crippen LogP contribution in [0.3, 0.4) is 0 Å². The van der Waals surface area contributed by atoms with Crippen molar-refractivity contribution in [2.45, 2.75) is 26.3 Å². The number of rotatable bonds is 6. The monoisotopic (exact) mass is 219 g/mol. The molecule has 88 valence electrons. The van der Waals surface area contributed by atoms with Gasteiger partial charge < -0.3 is 20.3 Å². The summed E-state index contributed by atoms with van der Waals surface area (Å²) in [6, 6.07) is -1.10. The van der Waals surface area contributed by atoms with Crippen LogP contribution in [0.15, 0.2) is 0 Å². The SMILES string of the molecule is CC(C)COC(=O)NC(CCO)C(=O)O. The molecule has 0 fully saturated rings. The van der Waals surface area contributed by atoms with Crippen LogP contribution < -0.4 is 5.32 Å². The minimum Gasteiger partial charge on any atom is -0.480 e. The number of nitrogens with one attached hydrogen (secondary N) is 1. The second-order valence-corrected chi connectivity index (χ2v) is 3.54. The normalized spacial score (nSPS) is 12.3. The molecule has 0 aliphatic carbocycles. The first-order valence-corrected chi connectivity index (χ1v) is 4.74. The van der Waals surface area contributed by atoms with Crippen molar-refractivity contribution >= 4 is 12.1 Å². The van der Waals surface area contributed by atoms with Crippen molar-refractivity contribution in [2.75, 3.05) is 13.2 Å². The van der Waals surface area contributed by atoms with Crippen LogP contribution in [0.1, 0.15) is 20.3 Å². The zero-order chi connectivity index (χ0) is 11.8. The summed E-state index contributed by atoms with van der Waals surface area (Å²) in [5.41, 5.74) is 0. The Labute approximate surface area is 88.2 Å². The zero-order valence-electron chi connectivity index (χ0n) is 8.90. The molecule has 0 aliphatic rings. The van der Waals surface area contributed by atoms with E-state index < -0.39 is 18.1 Å². The largest absolute Gasteiger partial charge is 0.480 e. The number of carboxylic acids is 1. The number of ether oxygens (including phenoxy) is 1. The molecule has 0 aromatic heterocycles. The van der Waals surface area contributed by atoms with Crippen molar-refractivity contribution in [3.8, 4) is 0 Å². The van der Waals surface area contributed by atoms with Gasteiger partial charge in [-0.3, -0.25) is 0 Å². The number of aliphatic carboxylic acids is 1. The van der Waals surface area contributed by atoms with Gasteiger partial charge in [-0.1, -0.05) is 13.8 Å². The molecular weight excluding hydrogens is 202 g/mol. The van der Waals surface area contributed by atoms with Gasteiger partial charge in [0.1, 0.15) is 6.04 Å². The first-order valence-electron chi connectivity index (χ1n) is 4.74. The molecular formula is C9H17NO5. The number of hydrogen-bond acceptors (Lipinski definition) is 4. The van der Waals surface area contributed by atoms with Crippen LogP contribution >= 0.6 is 0 Å². The first-order chi connectivity index (χ1) is 6.97. The van der Waals surface area contributed by atoms with E-state index in [1.54, 1.807) is 0 Å². The highest BCUT2D eigenvalue weighted by Gasteiger charge is 2.19. The zero-order valence-corrected chi connectivity index (χ0v) is 8.90. The highest BCUT2D eigenvalue weighted by Crippen LogP contribution is 1.96. The lowest BCUT2D eigenvalue weighted by Gasteiger charge is -2.14. The molecule has 6 nitrogen and oxygen atoms in total. The number of aliphatic hydroxyl groups is 1. The lowest BCUT2D eigenvalue weighted by Crippen LogP contribution is -2.41. The molecule has 1 atom stereocenters. The number of alkyl carbamates (subject to hydrolysis) is 1. The summed E-state index contributed by atoms with van der Waals surface area (Å²) in [4.78, 5) is 21.6. The predicted molar refractivity (Wildman–Crippen MR) is 52.4 cm³/mol. The number of carbonyl (C=O) groups excluding carboxylic acids is 1. The van der Waals surface area contributed by atoms with E-state index in [0.717, 1.165) is 0 Å². The van der Waals surface area contributed by atoms with Gasteiger partial charge in [-0.25, -0.2) is 9.59 Å². The molecule has 0 aliphatic heterocycles. The molecule has 0 aromatic rings. The molecule has 0 spiro atoms. The summed E-state index contributed by atoms with van der Waals surface area (Å²) >= 11 is 0. The topological polar surface area (TPSA) is 95.9 Å². The van der Waals surface area contributed by atoms with Crippen LogP contribution in [0.25, 0.3) is 0 Å². The summed E-state index contributed by atoms with van der Waals surface area (Å²) in [5, 5.41) is 19.4. The fraction of sp³-hybridized carbons (Fsp3) is 0.778. The van der Waals surface area contributed by atoms with Gasteiger partial charge in [-0.05, 0) is 5.92 Å². The molecule has 0 aromatic carbocycles. The third-order valence-corrected chi connectivity index (χ3v) is 1.56. The molecule has 15 heavy (non-hydrogen) atoms. The van der Waals surface area contributed by atoms with Gasteiger partial charge in [0.05, 0.1) is 6.61 Å². The van der Waals surface area contributed by atoms with Crippen LogP contribution in [0.4, 0.5) is 4.79 Å². The average Bonchev–Trinajstić information content (AvgIpc) is 2.14. The van der Waals surface area contributed by atoms with Gasteiger partial charge in [-0.15, -0.1) is 0 Å². The highest BCUT2D eigenvalue weighted by molar-refractivity contribution is 5.79. The average molecular weight is 219 g/mol. The van der Waals surface area contributed by atoms with E-state index in [-0.39, 0.29) is 25.6 Å². The summed E-state index contributed by atoms with van der Waals surface area (Å²) in [7, 11) is 0. The van der Waals surface area contributed by atoms with Crippen LogP contribution in [0, 0.1) is 5.92 Å². The Balaban J connectivity index is 3.94. The van der Waals surface area contributed by atoms with Gasteiger partial charge in [0.15, 0.2) is 0 Å². The van der Waals surface area contributed by atoms with Gasteiger partial charge in [0.2, 0.25) is 0 Å². The Morgan fingerprint density at radius 2 is 2.00 bits per heavy atom. The van der Waals surface area contributed by atoms with E-state index in [2.05, 4.69) is 5.32 Å². The predicted octanol–water partition coefficient (Wildman–Crippen LogP) is 0.204. The molecule has 0 radical (unpaired) electrons. The smallest absolute Gasteiger partial charge is 0.407 e. The maximum absolute atomic E-state index is 11.1. The Hall–Kier alpha value is -1.30. The van der Waals surface area contributed by atoms with Gasteiger partial charge in [0, 0.05) is 13.0 Å². The molecule has 0 bridgehead atoms. The minimum absolute atomic E-state index is 0.0356. The molecule has 3 N–H and O–H groups in total. The second-order valence-electron chi connectivity index (χ2n) is 3.54. The molecule has 1 amide bonds. The van der Waals surface area contributed by atoms with E-state index in [1.165, 1.54) is 0 Å². The Morgan fingerprint density at radius 3 is 2.40 bits per heavy atom. The quantitative estimate of drug-likeness (QED) is 0.593. The van der Waals surface area contributed by atoms with E-state index in [0.29, 0.717) is 0 Å². The van der Waals surface area contributed by atoms with Crippen LogP contribution in [-0.2, 0) is 9.53 Å². The van der Waals surface area contributed by atoms with Crippen molar-refractivity contribution in [3.05, 3.63) is 0 Å². The Kier molecular flexibility index (Phi) is 6.44. The standard InChI is InChI=1S/C9H17NO5/c1-6(2)5-15-9(14)10-7(3-4-11)8(12)13/h6-7,11H,3-5H2,1-2H3,(H,10,14)(H,12,13). The summed E-state index contributed by atoms with van der Waals surface area (Å²) < 4.78 is 4.74. The molecule has 0 saturated carbocycles. The summed E-state index contributed by atoms with van der Waals surface area (Å²) in [6.45, 7) is 3.67. The number of aliphatic hydroxyl groups excluding tert-OH is 1. The number of hydrogen-bond donors (Lipinski definition) is 3. The van der Waals surface area contributed by atoms with E-state index in [4.69, 9.17) is 14.9 Å². The lowest BCUT2D eigenvalue weighted by atomic mass is 10.2. The first kappa shape index (κ1) is 13.7. The van der Waals surface area contributed by atoms with Crippen molar-refractivity contribution in [1.29, 1.82) is 0 Å². The van der Waals surface area contributed by atoms with E-state index >= 15 is 0 Å². The van der Waals surface area contributed by atoms with E-state index in [1.807, 2.05) is 13.8 Å². The Morgan fingerprint density at radius 1 is 1.40 bits per heavy atom. The molecule has 1 unspecified atom stereocenters. The van der Waals surface area contributed by atoms with Crippen molar-refractivity contribution in [3.63, 3.8) is 0 Å². The summed E-state index contributed by atoms with van der Waals surface area (Å²) in [5.74, 6) is -0.998. The second kappa shape index (κ2) is 7.05. The van der Waals surface area contributed by atoms with Crippen molar-refractivity contribution < 1.29 is 24.5 Å². The highest BCUT2D eigenvalue weighted by atomic mass is 16.5. The van der Waals surface area contributed by atoms with Gasteiger partial charge in [-0.2, -0.15) is 0 Å². The van der Waals surface area contributed by atoms with Crippen molar-refractivity contribution in [2.24, 2.45) is 5.92 Å². The Bertz CT molecular complexity index is 217. The molecule has 0 rings (SSSR count). The fourth-order valence-corrected chi connectivity index (χ4v) is 0.813. The van der Waals surface area contributed by atoms with Crippen LogP contribution in [0.5, 0.6) is 0 Å². The molecule has 6 heteroatoms. The van der Waals surface area contributed by atoms with Crippen molar-refractivity contribution in [1.82, 2.24) is 5.32 Å². The fourth-order valence-electron chi connectivity index (χ4n) is 0.813. The third kappa shape index (κ3) is 6.73. The molecule has 0 saturated heterocycles. The van der Waals surface area contributed by atoms with Gasteiger partial charge in [0.25, 0.3) is 0 Å². The summed E-state index contributed by atoms with van der Waals surface area (Å²) in [6.07, 6.45) is -0.809. The number of carbonyl (C=O) groups is 2. The number of carboxylic acid groups (broad SMARTS) is 1. The molecule has 0 heterocycles. The van der Waals surface area contributed by atoms with Crippen LogP contribution in [0.2, 0.25) is 0 Å². The third-order valence-electron chi connectivity index (χ3n) is 1.56. The minimum atomic E-state index is -1.19.